The Morgan fingerprint density at radius 3 is 3.00 bits per heavy atom. The quantitative estimate of drug-likeness (QED) is 0.582. The molecule has 0 radical (unpaired) electrons. The molecule has 0 aromatic heterocycles. The van der Waals surface area contributed by atoms with E-state index in [1.54, 1.807) is 0 Å². The van der Waals surface area contributed by atoms with Crippen molar-refractivity contribution in [3.63, 3.8) is 0 Å². The summed E-state index contributed by atoms with van der Waals surface area (Å²) in [5.41, 5.74) is 0. The lowest BCUT2D eigenvalue weighted by Gasteiger charge is -2.12. The van der Waals surface area contributed by atoms with Crippen molar-refractivity contribution in [3.05, 3.63) is 0 Å². The molecular formula is C7H10N2O2. The lowest BCUT2D eigenvalue weighted by Crippen LogP contribution is -2.26. The van der Waals surface area contributed by atoms with Crippen molar-refractivity contribution in [1.29, 1.82) is 5.26 Å². The van der Waals surface area contributed by atoms with E-state index in [2.05, 4.69) is 0 Å². The fourth-order valence-corrected chi connectivity index (χ4v) is 1.15. The smallest absolute Gasteiger partial charge is 0.225 e. The van der Waals surface area contributed by atoms with E-state index in [0.29, 0.717) is 19.5 Å². The third-order valence-corrected chi connectivity index (χ3v) is 1.69. The van der Waals surface area contributed by atoms with Gasteiger partial charge in [0.15, 0.2) is 0 Å². The topological polar surface area (TPSA) is 64.3 Å². The number of likely N-dealkylation sites (tertiary alicyclic amines) is 1. The first-order chi connectivity index (χ1) is 5.24. The van der Waals surface area contributed by atoms with Crippen molar-refractivity contribution in [1.82, 2.24) is 4.90 Å². The average Bonchev–Trinajstić information content (AvgIpc) is 2.26. The van der Waals surface area contributed by atoms with Crippen LogP contribution in [0.5, 0.6) is 0 Å². The van der Waals surface area contributed by atoms with Gasteiger partial charge < -0.3 is 10.0 Å². The Balaban J connectivity index is 2.36. The number of hydrogen-bond donors (Lipinski definition) is 1. The summed E-state index contributed by atoms with van der Waals surface area (Å²) >= 11 is 0. The van der Waals surface area contributed by atoms with Crippen LogP contribution < -0.4 is 0 Å². The Morgan fingerprint density at radius 1 is 1.82 bits per heavy atom. The highest BCUT2D eigenvalue weighted by Gasteiger charge is 2.26. The van der Waals surface area contributed by atoms with Crippen molar-refractivity contribution in [2.45, 2.75) is 18.9 Å². The van der Waals surface area contributed by atoms with Crippen LogP contribution in [0.2, 0.25) is 0 Å². The molecular weight excluding hydrogens is 144 g/mol. The molecule has 1 saturated heterocycles. The first-order valence-corrected chi connectivity index (χ1v) is 3.57. The van der Waals surface area contributed by atoms with Crippen LogP contribution >= 0.6 is 0 Å². The second kappa shape index (κ2) is 3.35. The van der Waals surface area contributed by atoms with Gasteiger partial charge in [-0.3, -0.25) is 4.79 Å². The number of rotatable bonds is 2. The van der Waals surface area contributed by atoms with E-state index in [0.717, 1.165) is 0 Å². The zero-order chi connectivity index (χ0) is 8.27. The van der Waals surface area contributed by atoms with E-state index in [1.807, 2.05) is 6.07 Å². The summed E-state index contributed by atoms with van der Waals surface area (Å²) in [4.78, 5) is 12.5. The van der Waals surface area contributed by atoms with Gasteiger partial charge >= 0.3 is 0 Å². The molecule has 0 bridgehead atoms. The number of nitrogens with zero attached hydrogens (tertiary/aromatic N) is 2. The molecule has 4 nitrogen and oxygen atoms in total. The molecule has 1 heterocycles. The first-order valence-electron chi connectivity index (χ1n) is 3.57. The van der Waals surface area contributed by atoms with E-state index in [4.69, 9.17) is 10.4 Å². The predicted molar refractivity (Wildman–Crippen MR) is 37.4 cm³/mol. The van der Waals surface area contributed by atoms with Gasteiger partial charge in [-0.1, -0.05) is 0 Å². The van der Waals surface area contributed by atoms with Crippen molar-refractivity contribution < 1.29 is 9.90 Å². The normalized spacial score (nSPS) is 23.8. The summed E-state index contributed by atoms with van der Waals surface area (Å²) in [5.74, 6) is -0.0484. The number of aliphatic hydroxyl groups is 1. The number of amides is 1. The van der Waals surface area contributed by atoms with Crippen LogP contribution in [0.15, 0.2) is 0 Å². The molecule has 0 unspecified atom stereocenters. The van der Waals surface area contributed by atoms with Crippen LogP contribution in [-0.2, 0) is 4.79 Å². The molecule has 1 N–H and O–H groups in total. The fraction of sp³-hybridized carbons (Fsp3) is 0.714. The number of nitriles is 1. The van der Waals surface area contributed by atoms with Gasteiger partial charge in [-0.05, 0) is 0 Å². The zero-order valence-corrected chi connectivity index (χ0v) is 6.16. The van der Waals surface area contributed by atoms with Crippen molar-refractivity contribution in [3.8, 4) is 6.07 Å². The lowest BCUT2D eigenvalue weighted by atomic mass is 10.3. The minimum Gasteiger partial charge on any atom is -0.391 e. The molecule has 11 heavy (non-hydrogen) atoms. The SMILES string of the molecule is N#CCCN1C[C@@H](O)CC1=O. The third kappa shape index (κ3) is 1.92. The lowest BCUT2D eigenvalue weighted by molar-refractivity contribution is -0.127. The maximum Gasteiger partial charge on any atom is 0.225 e. The van der Waals surface area contributed by atoms with Gasteiger partial charge in [0.05, 0.1) is 25.0 Å². The van der Waals surface area contributed by atoms with E-state index in [-0.39, 0.29) is 12.3 Å². The van der Waals surface area contributed by atoms with E-state index < -0.39 is 6.10 Å². The molecule has 0 aromatic carbocycles. The number of carbonyl (C=O) groups excluding carboxylic acids is 1. The molecule has 1 rings (SSSR count). The Morgan fingerprint density at radius 2 is 2.55 bits per heavy atom. The minimum absolute atomic E-state index is 0.0484. The second-order valence-corrected chi connectivity index (χ2v) is 2.61. The average molecular weight is 154 g/mol. The summed E-state index contributed by atoms with van der Waals surface area (Å²) < 4.78 is 0. The maximum absolute atomic E-state index is 10.9. The second-order valence-electron chi connectivity index (χ2n) is 2.61. The molecule has 1 fully saturated rings. The summed E-state index contributed by atoms with van der Waals surface area (Å²) in [5, 5.41) is 17.3. The van der Waals surface area contributed by atoms with Gasteiger partial charge in [-0.25, -0.2) is 0 Å². The number of aliphatic hydroxyl groups excluding tert-OH is 1. The highest BCUT2D eigenvalue weighted by atomic mass is 16.3. The Bertz CT molecular complexity index is 197. The van der Waals surface area contributed by atoms with Gasteiger partial charge in [-0.15, -0.1) is 0 Å². The molecule has 1 aliphatic heterocycles. The van der Waals surface area contributed by atoms with E-state index in [9.17, 15) is 4.79 Å². The number of hydrogen-bond acceptors (Lipinski definition) is 3. The molecule has 1 atom stereocenters. The standard InChI is InChI=1S/C7H10N2O2/c8-2-1-3-9-5-6(10)4-7(9)11/h6,10H,1,3-5H2/t6-/m0/s1. The van der Waals surface area contributed by atoms with E-state index in [1.165, 1.54) is 4.90 Å². The number of carbonyl (C=O) groups is 1. The van der Waals surface area contributed by atoms with Crippen molar-refractivity contribution >= 4 is 5.91 Å². The monoisotopic (exact) mass is 154 g/mol. The third-order valence-electron chi connectivity index (χ3n) is 1.69. The molecule has 0 spiro atoms. The first kappa shape index (κ1) is 8.02. The highest BCUT2D eigenvalue weighted by molar-refractivity contribution is 5.78. The van der Waals surface area contributed by atoms with Crippen LogP contribution in [0.1, 0.15) is 12.8 Å². The zero-order valence-electron chi connectivity index (χ0n) is 6.16. The van der Waals surface area contributed by atoms with Gasteiger partial charge in [-0.2, -0.15) is 5.26 Å². The van der Waals surface area contributed by atoms with Crippen LogP contribution in [0.25, 0.3) is 0 Å². The van der Waals surface area contributed by atoms with Crippen molar-refractivity contribution in [2.75, 3.05) is 13.1 Å². The molecule has 0 aliphatic carbocycles. The maximum atomic E-state index is 10.9. The van der Waals surface area contributed by atoms with Crippen LogP contribution in [0.4, 0.5) is 0 Å². The summed E-state index contributed by atoms with van der Waals surface area (Å²) in [7, 11) is 0. The Labute approximate surface area is 65.0 Å². The van der Waals surface area contributed by atoms with Gasteiger partial charge in [0.1, 0.15) is 0 Å². The van der Waals surface area contributed by atoms with Gasteiger partial charge in [0.25, 0.3) is 0 Å². The van der Waals surface area contributed by atoms with E-state index >= 15 is 0 Å². The molecule has 60 valence electrons. The summed E-state index contributed by atoms with van der Waals surface area (Å²) in [6.07, 6.45) is 0.0327. The molecule has 0 saturated carbocycles. The van der Waals surface area contributed by atoms with Crippen molar-refractivity contribution in [2.24, 2.45) is 0 Å². The van der Waals surface area contributed by atoms with Gasteiger partial charge in [0, 0.05) is 13.1 Å². The van der Waals surface area contributed by atoms with Crippen LogP contribution in [0, 0.1) is 11.3 Å². The molecule has 0 aromatic rings. The number of β-amino-alcohol motifs (C(OH)–C–C–N with tert-alkyl or cyclic N) is 1. The molecule has 4 heteroatoms. The minimum atomic E-state index is -0.527. The van der Waals surface area contributed by atoms with Crippen LogP contribution in [-0.4, -0.2) is 35.1 Å². The summed E-state index contributed by atoms with van der Waals surface area (Å²) in [6.45, 7) is 0.840. The molecule has 1 aliphatic rings. The molecule has 1 amide bonds. The van der Waals surface area contributed by atoms with Gasteiger partial charge in [0.2, 0.25) is 5.91 Å². The van der Waals surface area contributed by atoms with Crippen LogP contribution in [0.3, 0.4) is 0 Å². The Hall–Kier alpha value is -1.08. The predicted octanol–water partition coefficient (Wildman–Crippen LogP) is -0.507. The summed E-state index contributed by atoms with van der Waals surface area (Å²) in [6, 6.07) is 1.95. The fourth-order valence-electron chi connectivity index (χ4n) is 1.15. The largest absolute Gasteiger partial charge is 0.391 e. The highest BCUT2D eigenvalue weighted by Crippen LogP contribution is 2.10. The Kier molecular flexibility index (Phi) is 2.44.